The maximum absolute atomic E-state index is 11.4. The Bertz CT molecular complexity index is 174. The van der Waals surface area contributed by atoms with Gasteiger partial charge in [-0.15, -0.1) is 0 Å². The molecule has 90 valence electrons. The second-order valence-corrected chi connectivity index (χ2v) is 4.75. The highest BCUT2D eigenvalue weighted by Gasteiger charge is 2.12. The molecule has 0 fully saturated rings. The Morgan fingerprint density at radius 3 is 2.60 bits per heavy atom. The number of hydrogen-bond donors (Lipinski definition) is 1. The van der Waals surface area contributed by atoms with Crippen molar-refractivity contribution in [1.29, 1.82) is 0 Å². The van der Waals surface area contributed by atoms with E-state index in [1.54, 1.807) is 0 Å². The number of alkyl halides is 1. The van der Waals surface area contributed by atoms with E-state index in [-0.39, 0.29) is 18.6 Å². The molecule has 0 aliphatic carbocycles. The number of hydrogen-bond acceptors (Lipinski definition) is 2. The highest BCUT2D eigenvalue weighted by Crippen LogP contribution is 2.06. The Labute approximate surface area is 101 Å². The molecule has 0 saturated carbocycles. The largest absolute Gasteiger partial charge is 0.372 e. The van der Waals surface area contributed by atoms with E-state index in [4.69, 9.17) is 4.74 Å². The van der Waals surface area contributed by atoms with Gasteiger partial charge in [0.15, 0.2) is 0 Å². The zero-order chi connectivity index (χ0) is 11.7. The monoisotopic (exact) mass is 279 g/mol. The standard InChI is InChI=1S/C11H22BrNO2/c1-4-5-15-8-11(14)13-10(7-12)6-9(2)3/h9-10H,4-8H2,1-3H3,(H,13,14). The molecule has 0 radical (unpaired) electrons. The van der Waals surface area contributed by atoms with Crippen molar-refractivity contribution in [2.75, 3.05) is 18.5 Å². The van der Waals surface area contributed by atoms with Gasteiger partial charge in [-0.25, -0.2) is 0 Å². The first-order chi connectivity index (χ1) is 7.10. The van der Waals surface area contributed by atoms with Crippen LogP contribution in [0.15, 0.2) is 0 Å². The van der Waals surface area contributed by atoms with Crippen LogP contribution in [0.2, 0.25) is 0 Å². The van der Waals surface area contributed by atoms with Crippen LogP contribution in [0.1, 0.15) is 33.6 Å². The lowest BCUT2D eigenvalue weighted by atomic mass is 10.1. The molecule has 4 heteroatoms. The van der Waals surface area contributed by atoms with Gasteiger partial charge in [-0.05, 0) is 18.8 Å². The highest BCUT2D eigenvalue weighted by molar-refractivity contribution is 9.09. The van der Waals surface area contributed by atoms with Crippen molar-refractivity contribution in [3.8, 4) is 0 Å². The minimum absolute atomic E-state index is 0.0199. The number of carbonyl (C=O) groups excluding carboxylic acids is 1. The quantitative estimate of drug-likeness (QED) is 0.547. The summed E-state index contributed by atoms with van der Waals surface area (Å²) in [6.45, 7) is 7.15. The summed E-state index contributed by atoms with van der Waals surface area (Å²) in [5.74, 6) is 0.568. The predicted molar refractivity (Wildman–Crippen MR) is 66.3 cm³/mol. The fourth-order valence-corrected chi connectivity index (χ4v) is 1.73. The molecule has 0 aromatic rings. The molecule has 0 bridgehead atoms. The smallest absolute Gasteiger partial charge is 0.246 e. The summed E-state index contributed by atoms with van der Waals surface area (Å²) in [6.07, 6.45) is 1.94. The highest BCUT2D eigenvalue weighted by atomic mass is 79.9. The molecule has 1 amide bonds. The van der Waals surface area contributed by atoms with Gasteiger partial charge in [-0.3, -0.25) is 4.79 Å². The molecule has 0 aromatic heterocycles. The first kappa shape index (κ1) is 14.9. The van der Waals surface area contributed by atoms with Crippen LogP contribution in [0, 0.1) is 5.92 Å². The summed E-state index contributed by atoms with van der Waals surface area (Å²) < 4.78 is 5.17. The lowest BCUT2D eigenvalue weighted by Gasteiger charge is -2.18. The normalized spacial score (nSPS) is 12.9. The third kappa shape index (κ3) is 8.88. The molecule has 0 spiro atoms. The lowest BCUT2D eigenvalue weighted by molar-refractivity contribution is -0.126. The molecular formula is C11H22BrNO2. The number of amides is 1. The SMILES string of the molecule is CCCOCC(=O)NC(CBr)CC(C)C. The van der Waals surface area contributed by atoms with Gasteiger partial charge in [0, 0.05) is 18.0 Å². The van der Waals surface area contributed by atoms with Crippen LogP contribution in [0.25, 0.3) is 0 Å². The summed E-state index contributed by atoms with van der Waals surface area (Å²) >= 11 is 3.40. The maximum Gasteiger partial charge on any atom is 0.246 e. The van der Waals surface area contributed by atoms with Crippen molar-refractivity contribution in [2.45, 2.75) is 39.7 Å². The number of ether oxygens (including phenoxy) is 1. The number of nitrogens with one attached hydrogen (secondary N) is 1. The van der Waals surface area contributed by atoms with Crippen LogP contribution in [-0.4, -0.2) is 30.5 Å². The van der Waals surface area contributed by atoms with Crippen molar-refractivity contribution in [3.63, 3.8) is 0 Å². The van der Waals surface area contributed by atoms with Crippen LogP contribution in [0.4, 0.5) is 0 Å². The number of rotatable bonds is 8. The first-order valence-electron chi connectivity index (χ1n) is 5.53. The van der Waals surface area contributed by atoms with Gasteiger partial charge in [-0.1, -0.05) is 36.7 Å². The van der Waals surface area contributed by atoms with Gasteiger partial charge in [-0.2, -0.15) is 0 Å². The molecule has 0 aromatic carbocycles. The van der Waals surface area contributed by atoms with Gasteiger partial charge < -0.3 is 10.1 Å². The van der Waals surface area contributed by atoms with E-state index in [1.807, 2.05) is 6.92 Å². The number of carbonyl (C=O) groups is 1. The van der Waals surface area contributed by atoms with E-state index >= 15 is 0 Å². The van der Waals surface area contributed by atoms with E-state index in [0.29, 0.717) is 12.5 Å². The molecule has 0 heterocycles. The average Bonchev–Trinajstić information content (AvgIpc) is 2.16. The van der Waals surface area contributed by atoms with Crippen LogP contribution in [0.3, 0.4) is 0 Å². The summed E-state index contributed by atoms with van der Waals surface area (Å²) in [7, 11) is 0. The molecule has 1 unspecified atom stereocenters. The molecule has 1 N–H and O–H groups in total. The van der Waals surface area contributed by atoms with Crippen molar-refractivity contribution >= 4 is 21.8 Å². The zero-order valence-corrected chi connectivity index (χ0v) is 11.5. The lowest BCUT2D eigenvalue weighted by Crippen LogP contribution is -2.39. The van der Waals surface area contributed by atoms with Crippen molar-refractivity contribution in [3.05, 3.63) is 0 Å². The Balaban J connectivity index is 3.70. The van der Waals surface area contributed by atoms with E-state index < -0.39 is 0 Å². The molecule has 3 nitrogen and oxygen atoms in total. The second kappa shape index (κ2) is 9.16. The summed E-state index contributed by atoms with van der Waals surface area (Å²) in [4.78, 5) is 11.4. The van der Waals surface area contributed by atoms with Crippen LogP contribution >= 0.6 is 15.9 Å². The first-order valence-corrected chi connectivity index (χ1v) is 6.65. The van der Waals surface area contributed by atoms with Gasteiger partial charge in [0.2, 0.25) is 5.91 Å². The summed E-state index contributed by atoms with van der Waals surface area (Å²) in [6, 6.07) is 0.211. The Hall–Kier alpha value is -0.0900. The zero-order valence-electron chi connectivity index (χ0n) is 9.88. The second-order valence-electron chi connectivity index (χ2n) is 4.10. The minimum atomic E-state index is -0.0199. The molecule has 0 aliphatic heterocycles. The van der Waals surface area contributed by atoms with Crippen molar-refractivity contribution < 1.29 is 9.53 Å². The average molecular weight is 280 g/mol. The fraction of sp³-hybridized carbons (Fsp3) is 0.909. The Kier molecular flexibility index (Phi) is 9.10. The van der Waals surface area contributed by atoms with Crippen molar-refractivity contribution in [1.82, 2.24) is 5.32 Å². The summed E-state index contributed by atoms with van der Waals surface area (Å²) in [5, 5.41) is 3.74. The minimum Gasteiger partial charge on any atom is -0.372 e. The third-order valence-electron chi connectivity index (χ3n) is 1.89. The molecule has 0 saturated heterocycles. The predicted octanol–water partition coefficient (Wildman–Crippen LogP) is 2.34. The summed E-state index contributed by atoms with van der Waals surface area (Å²) in [5.41, 5.74) is 0. The van der Waals surface area contributed by atoms with Crippen LogP contribution in [0.5, 0.6) is 0 Å². The Morgan fingerprint density at radius 1 is 1.47 bits per heavy atom. The van der Waals surface area contributed by atoms with Gasteiger partial charge in [0.25, 0.3) is 0 Å². The van der Waals surface area contributed by atoms with Gasteiger partial charge >= 0.3 is 0 Å². The van der Waals surface area contributed by atoms with E-state index in [2.05, 4.69) is 35.1 Å². The van der Waals surface area contributed by atoms with Gasteiger partial charge in [0.1, 0.15) is 6.61 Å². The topological polar surface area (TPSA) is 38.3 Å². The van der Waals surface area contributed by atoms with E-state index in [9.17, 15) is 4.79 Å². The molecule has 0 rings (SSSR count). The fourth-order valence-electron chi connectivity index (χ4n) is 1.31. The maximum atomic E-state index is 11.4. The number of halogens is 1. The molecule has 1 atom stereocenters. The Morgan fingerprint density at radius 2 is 2.13 bits per heavy atom. The molecule has 15 heavy (non-hydrogen) atoms. The van der Waals surface area contributed by atoms with E-state index in [0.717, 1.165) is 18.2 Å². The van der Waals surface area contributed by atoms with Crippen LogP contribution < -0.4 is 5.32 Å². The third-order valence-corrected chi connectivity index (χ3v) is 2.67. The molecular weight excluding hydrogens is 258 g/mol. The van der Waals surface area contributed by atoms with Crippen molar-refractivity contribution in [2.24, 2.45) is 5.92 Å². The van der Waals surface area contributed by atoms with Gasteiger partial charge in [0.05, 0.1) is 0 Å². The van der Waals surface area contributed by atoms with Crippen LogP contribution in [-0.2, 0) is 9.53 Å². The van der Waals surface area contributed by atoms with E-state index in [1.165, 1.54) is 0 Å². The molecule has 0 aliphatic rings.